The predicted molar refractivity (Wildman–Crippen MR) is 186 cm³/mol. The Morgan fingerprint density at radius 3 is 1.77 bits per heavy atom. The first-order chi connectivity index (χ1) is 21.6. The van der Waals surface area contributed by atoms with Crippen molar-refractivity contribution in [3.8, 4) is 0 Å². The van der Waals surface area contributed by atoms with Crippen LogP contribution in [-0.4, -0.2) is 31.1 Å². The van der Waals surface area contributed by atoms with Crippen LogP contribution in [0.5, 0.6) is 0 Å². The highest BCUT2D eigenvalue weighted by Gasteiger charge is 2.11. The molecule has 0 aliphatic rings. The van der Waals surface area contributed by atoms with Gasteiger partial charge < -0.3 is 14.8 Å². The fraction of sp³-hybridized carbons (Fsp3) is 0.795. The molecule has 1 aromatic carbocycles. The summed E-state index contributed by atoms with van der Waals surface area (Å²) < 4.78 is 11.0. The molecule has 1 N–H and O–H groups in total. The third kappa shape index (κ3) is 24.4. The normalized spacial score (nSPS) is 12.6. The van der Waals surface area contributed by atoms with Gasteiger partial charge in [-0.2, -0.15) is 0 Å². The molecule has 0 aliphatic heterocycles. The summed E-state index contributed by atoms with van der Waals surface area (Å²) in [5.41, 5.74) is 1.04. The number of rotatable bonds is 31. The number of unbranched alkanes of at least 4 members (excludes halogenated alkanes) is 13. The first-order valence-electron chi connectivity index (χ1n) is 18.7. The lowest BCUT2D eigenvalue weighted by Gasteiger charge is -2.19. The number of hydrogen-bond acceptors (Lipinski definition) is 5. The van der Waals surface area contributed by atoms with Crippen LogP contribution in [0, 0.1) is 5.92 Å². The molecule has 5 heteroatoms. The van der Waals surface area contributed by atoms with Gasteiger partial charge in [-0.1, -0.05) is 147 Å². The second kappa shape index (κ2) is 29.8. The Kier molecular flexibility index (Phi) is 27.2. The van der Waals surface area contributed by atoms with E-state index in [1.54, 1.807) is 0 Å². The van der Waals surface area contributed by atoms with Gasteiger partial charge in [0.05, 0.1) is 6.61 Å². The van der Waals surface area contributed by atoms with Crippen LogP contribution in [0.25, 0.3) is 0 Å². The molecule has 0 fully saturated rings. The van der Waals surface area contributed by atoms with Gasteiger partial charge in [-0.05, 0) is 56.6 Å². The van der Waals surface area contributed by atoms with Crippen molar-refractivity contribution < 1.29 is 19.1 Å². The Hall–Kier alpha value is -1.88. The van der Waals surface area contributed by atoms with Crippen molar-refractivity contribution in [1.29, 1.82) is 0 Å². The topological polar surface area (TPSA) is 64.6 Å². The molecular weight excluding hydrogens is 546 g/mol. The summed E-state index contributed by atoms with van der Waals surface area (Å²) in [6, 6.07) is 10.5. The van der Waals surface area contributed by atoms with E-state index in [9.17, 15) is 9.59 Å². The van der Waals surface area contributed by atoms with Gasteiger partial charge >= 0.3 is 11.9 Å². The smallest absolute Gasteiger partial charge is 0.306 e. The summed E-state index contributed by atoms with van der Waals surface area (Å²) in [5, 5.41) is 3.82. The van der Waals surface area contributed by atoms with Crippen molar-refractivity contribution in [3.63, 3.8) is 0 Å². The molecule has 0 aliphatic carbocycles. The fourth-order valence-corrected chi connectivity index (χ4v) is 5.76. The standard InChI is InChI=1S/C39H69NO4/c1-4-7-9-10-11-14-20-28-37(40-32-24-23-31-39(42)44-34-36-26-18-17-19-27-36)29-21-15-12-13-16-22-30-38(41)43-33-35(6-3)25-8-5-2/h17-19,26-27,35,37,40H,4-16,20-25,28-34H2,1-3H3. The van der Waals surface area contributed by atoms with Crippen LogP contribution < -0.4 is 5.32 Å². The average molecular weight is 616 g/mol. The third-order valence-electron chi connectivity index (χ3n) is 8.85. The fourth-order valence-electron chi connectivity index (χ4n) is 5.76. The second-order valence-corrected chi connectivity index (χ2v) is 12.9. The van der Waals surface area contributed by atoms with E-state index < -0.39 is 0 Å². The average Bonchev–Trinajstić information content (AvgIpc) is 3.04. The lowest BCUT2D eigenvalue weighted by Crippen LogP contribution is -2.30. The lowest BCUT2D eigenvalue weighted by atomic mass is 9.99. The van der Waals surface area contributed by atoms with Crippen LogP contribution in [0.1, 0.15) is 174 Å². The van der Waals surface area contributed by atoms with Gasteiger partial charge in [0.2, 0.25) is 0 Å². The van der Waals surface area contributed by atoms with E-state index in [-0.39, 0.29) is 11.9 Å². The maximum absolute atomic E-state index is 12.1. The highest BCUT2D eigenvalue weighted by atomic mass is 16.5. The van der Waals surface area contributed by atoms with Crippen molar-refractivity contribution in [2.45, 2.75) is 181 Å². The first-order valence-corrected chi connectivity index (χ1v) is 18.7. The minimum Gasteiger partial charge on any atom is -0.465 e. The highest BCUT2D eigenvalue weighted by Crippen LogP contribution is 2.17. The number of nitrogens with one attached hydrogen (secondary N) is 1. The highest BCUT2D eigenvalue weighted by molar-refractivity contribution is 5.69. The number of benzene rings is 1. The summed E-state index contributed by atoms with van der Waals surface area (Å²) in [6.07, 6.45) is 26.6. The zero-order valence-corrected chi connectivity index (χ0v) is 29.1. The summed E-state index contributed by atoms with van der Waals surface area (Å²) in [4.78, 5) is 24.2. The van der Waals surface area contributed by atoms with E-state index in [2.05, 4.69) is 26.1 Å². The molecule has 0 heterocycles. The Morgan fingerprint density at radius 1 is 0.614 bits per heavy atom. The Bertz CT molecular complexity index is 784. The van der Waals surface area contributed by atoms with E-state index in [0.29, 0.717) is 38.0 Å². The van der Waals surface area contributed by atoms with Crippen molar-refractivity contribution in [2.24, 2.45) is 5.92 Å². The molecule has 0 saturated carbocycles. The Morgan fingerprint density at radius 2 is 1.16 bits per heavy atom. The van der Waals surface area contributed by atoms with Crippen LogP contribution in [0.15, 0.2) is 30.3 Å². The molecule has 0 amide bonds. The molecule has 254 valence electrons. The second-order valence-electron chi connectivity index (χ2n) is 12.9. The van der Waals surface area contributed by atoms with Gasteiger partial charge in [-0.3, -0.25) is 9.59 Å². The molecule has 0 saturated heterocycles. The van der Waals surface area contributed by atoms with E-state index in [0.717, 1.165) is 44.2 Å². The monoisotopic (exact) mass is 616 g/mol. The van der Waals surface area contributed by atoms with Gasteiger partial charge in [-0.25, -0.2) is 0 Å². The number of carbonyl (C=O) groups is 2. The Balaban J connectivity index is 2.18. The maximum atomic E-state index is 12.1. The van der Waals surface area contributed by atoms with Crippen LogP contribution in [-0.2, 0) is 25.7 Å². The lowest BCUT2D eigenvalue weighted by molar-refractivity contribution is -0.146. The molecule has 0 bridgehead atoms. The van der Waals surface area contributed by atoms with Crippen molar-refractivity contribution in [1.82, 2.24) is 5.32 Å². The summed E-state index contributed by atoms with van der Waals surface area (Å²) in [5.74, 6) is 0.415. The molecule has 2 unspecified atom stereocenters. The maximum Gasteiger partial charge on any atom is 0.306 e. The van der Waals surface area contributed by atoms with Gasteiger partial charge in [0.1, 0.15) is 6.61 Å². The predicted octanol–water partition coefficient (Wildman–Crippen LogP) is 10.9. The minimum atomic E-state index is -0.0992. The number of ether oxygens (including phenoxy) is 2. The summed E-state index contributed by atoms with van der Waals surface area (Å²) in [6.45, 7) is 8.62. The molecule has 5 nitrogen and oxygen atoms in total. The molecule has 44 heavy (non-hydrogen) atoms. The van der Waals surface area contributed by atoms with Gasteiger partial charge in [0.15, 0.2) is 0 Å². The minimum absolute atomic E-state index is 0.0108. The number of esters is 2. The first kappa shape index (κ1) is 40.1. The largest absolute Gasteiger partial charge is 0.465 e. The van der Waals surface area contributed by atoms with E-state index in [1.807, 2.05) is 30.3 Å². The van der Waals surface area contributed by atoms with Crippen molar-refractivity contribution in [3.05, 3.63) is 35.9 Å². The summed E-state index contributed by atoms with van der Waals surface area (Å²) >= 11 is 0. The SMILES string of the molecule is CCCCCCCCCC(CCCCCCCCC(=O)OCC(CC)CCCC)NCCCCC(=O)OCc1ccccc1. The van der Waals surface area contributed by atoms with Crippen LogP contribution in [0.4, 0.5) is 0 Å². The van der Waals surface area contributed by atoms with E-state index in [1.165, 1.54) is 103 Å². The third-order valence-corrected chi connectivity index (χ3v) is 8.85. The van der Waals surface area contributed by atoms with Crippen LogP contribution >= 0.6 is 0 Å². The molecule has 0 spiro atoms. The van der Waals surface area contributed by atoms with E-state index >= 15 is 0 Å². The molecule has 2 atom stereocenters. The van der Waals surface area contributed by atoms with Crippen LogP contribution in [0.2, 0.25) is 0 Å². The quantitative estimate of drug-likeness (QED) is 0.0665. The van der Waals surface area contributed by atoms with Crippen molar-refractivity contribution in [2.75, 3.05) is 13.2 Å². The number of carbonyl (C=O) groups excluding carboxylic acids is 2. The van der Waals surface area contributed by atoms with Crippen LogP contribution in [0.3, 0.4) is 0 Å². The molecule has 1 rings (SSSR count). The van der Waals surface area contributed by atoms with Gasteiger partial charge in [0.25, 0.3) is 0 Å². The Labute approximate surface area is 272 Å². The van der Waals surface area contributed by atoms with Crippen molar-refractivity contribution >= 4 is 11.9 Å². The molecule has 1 aromatic rings. The summed E-state index contributed by atoms with van der Waals surface area (Å²) in [7, 11) is 0. The molecule has 0 radical (unpaired) electrons. The number of hydrogen-bond donors (Lipinski definition) is 1. The molecular formula is C39H69NO4. The van der Waals surface area contributed by atoms with Gasteiger partial charge in [-0.15, -0.1) is 0 Å². The zero-order valence-electron chi connectivity index (χ0n) is 29.1. The van der Waals surface area contributed by atoms with E-state index in [4.69, 9.17) is 9.47 Å². The molecule has 0 aromatic heterocycles. The van der Waals surface area contributed by atoms with Gasteiger partial charge in [0, 0.05) is 18.9 Å². The zero-order chi connectivity index (χ0) is 31.9.